The second-order valence-corrected chi connectivity index (χ2v) is 8.08. The monoisotopic (exact) mass is 420 g/mol. The van der Waals surface area contributed by atoms with Crippen molar-refractivity contribution in [1.29, 1.82) is 0 Å². The third kappa shape index (κ3) is 4.80. The van der Waals surface area contributed by atoms with Gasteiger partial charge in [0.1, 0.15) is 4.90 Å². The first-order valence-corrected chi connectivity index (χ1v) is 10.0. The van der Waals surface area contributed by atoms with E-state index in [1.165, 1.54) is 18.2 Å². The van der Waals surface area contributed by atoms with Crippen molar-refractivity contribution < 1.29 is 13.2 Å². The number of rotatable bonds is 5. The first kappa shape index (κ1) is 19.2. The molecule has 3 rings (SSSR count). The molecule has 0 heterocycles. The first-order valence-electron chi connectivity index (χ1n) is 7.79. The lowest BCUT2D eigenvalue weighted by Crippen LogP contribution is -2.16. The van der Waals surface area contributed by atoms with Crippen LogP contribution in [0.2, 0.25) is 10.0 Å². The molecule has 0 aromatic heterocycles. The van der Waals surface area contributed by atoms with Gasteiger partial charge in [-0.2, -0.15) is 0 Å². The molecule has 0 bridgehead atoms. The maximum atomic E-state index is 12.7. The van der Waals surface area contributed by atoms with E-state index in [0.717, 1.165) is 0 Å². The molecule has 3 aromatic rings. The fourth-order valence-corrected chi connectivity index (χ4v) is 4.11. The van der Waals surface area contributed by atoms with Crippen LogP contribution in [0, 0.1) is 0 Å². The highest BCUT2D eigenvalue weighted by atomic mass is 35.5. The van der Waals surface area contributed by atoms with Crippen molar-refractivity contribution in [1.82, 2.24) is 0 Å². The van der Waals surface area contributed by atoms with Gasteiger partial charge in [0.15, 0.2) is 0 Å². The molecule has 0 unspecified atom stereocenters. The van der Waals surface area contributed by atoms with Gasteiger partial charge >= 0.3 is 0 Å². The Labute approximate surface area is 167 Å². The lowest BCUT2D eigenvalue weighted by molar-refractivity contribution is 0.102. The zero-order valence-corrected chi connectivity index (χ0v) is 16.1. The van der Waals surface area contributed by atoms with Gasteiger partial charge in [-0.1, -0.05) is 47.5 Å². The van der Waals surface area contributed by atoms with E-state index >= 15 is 0 Å². The SMILES string of the molecule is O=C(Nc1cccc(Cl)c1)c1ccc(Cl)c(S(=O)(=O)Nc2ccccc2)c1. The van der Waals surface area contributed by atoms with E-state index in [4.69, 9.17) is 23.2 Å². The average Bonchev–Trinajstić information content (AvgIpc) is 2.62. The Morgan fingerprint density at radius 1 is 0.815 bits per heavy atom. The molecule has 0 aliphatic rings. The summed E-state index contributed by atoms with van der Waals surface area (Å²) in [4.78, 5) is 12.3. The molecule has 0 atom stereocenters. The van der Waals surface area contributed by atoms with Crippen LogP contribution in [0.4, 0.5) is 11.4 Å². The van der Waals surface area contributed by atoms with Gasteiger partial charge in [-0.25, -0.2) is 8.42 Å². The van der Waals surface area contributed by atoms with Crippen LogP contribution in [0.25, 0.3) is 0 Å². The van der Waals surface area contributed by atoms with E-state index < -0.39 is 15.9 Å². The van der Waals surface area contributed by atoms with Crippen molar-refractivity contribution in [3.63, 3.8) is 0 Å². The number of para-hydroxylation sites is 1. The van der Waals surface area contributed by atoms with Crippen molar-refractivity contribution >= 4 is 50.5 Å². The summed E-state index contributed by atoms with van der Waals surface area (Å²) in [7, 11) is -3.96. The van der Waals surface area contributed by atoms with Gasteiger partial charge in [0.25, 0.3) is 15.9 Å². The fourth-order valence-electron chi connectivity index (χ4n) is 2.34. The molecule has 0 aliphatic heterocycles. The summed E-state index contributed by atoms with van der Waals surface area (Å²) in [5, 5.41) is 3.15. The highest BCUT2D eigenvalue weighted by Gasteiger charge is 2.20. The summed E-state index contributed by atoms with van der Waals surface area (Å²) in [5.74, 6) is -0.481. The Kier molecular flexibility index (Phi) is 5.70. The number of nitrogens with one attached hydrogen (secondary N) is 2. The van der Waals surface area contributed by atoms with E-state index in [1.807, 2.05) is 0 Å². The van der Waals surface area contributed by atoms with Gasteiger partial charge in [0.05, 0.1) is 5.02 Å². The van der Waals surface area contributed by atoms with Crippen LogP contribution in [0.3, 0.4) is 0 Å². The predicted octanol–water partition coefficient (Wildman–Crippen LogP) is 5.05. The molecule has 1 amide bonds. The molecular formula is C19H14Cl2N2O3S. The molecule has 5 nitrogen and oxygen atoms in total. The van der Waals surface area contributed by atoms with Crippen LogP contribution < -0.4 is 10.0 Å². The molecule has 27 heavy (non-hydrogen) atoms. The molecule has 0 radical (unpaired) electrons. The topological polar surface area (TPSA) is 75.3 Å². The zero-order valence-electron chi connectivity index (χ0n) is 13.8. The molecule has 0 saturated carbocycles. The summed E-state index contributed by atoms with van der Waals surface area (Å²) in [6.07, 6.45) is 0. The molecule has 8 heteroatoms. The Morgan fingerprint density at radius 3 is 2.22 bits per heavy atom. The van der Waals surface area contributed by atoms with Gasteiger partial charge in [0.2, 0.25) is 0 Å². The van der Waals surface area contributed by atoms with Crippen molar-refractivity contribution in [2.75, 3.05) is 10.0 Å². The third-order valence-electron chi connectivity index (χ3n) is 3.59. The van der Waals surface area contributed by atoms with E-state index in [0.29, 0.717) is 16.4 Å². The average molecular weight is 421 g/mol. The minimum Gasteiger partial charge on any atom is -0.322 e. The predicted molar refractivity (Wildman–Crippen MR) is 108 cm³/mol. The molecule has 138 valence electrons. The summed E-state index contributed by atoms with van der Waals surface area (Å²) in [6, 6.07) is 19.1. The second-order valence-electron chi connectivity index (χ2n) is 5.58. The minimum atomic E-state index is -3.96. The largest absolute Gasteiger partial charge is 0.322 e. The van der Waals surface area contributed by atoms with Crippen molar-refractivity contribution in [2.45, 2.75) is 4.90 Å². The summed E-state index contributed by atoms with van der Waals surface area (Å²) in [5.41, 5.74) is 1.03. The van der Waals surface area contributed by atoms with Gasteiger partial charge in [0, 0.05) is 22.0 Å². The van der Waals surface area contributed by atoms with Crippen LogP contribution in [0.15, 0.2) is 77.7 Å². The molecule has 3 aromatic carbocycles. The standard InChI is InChI=1S/C19H14Cl2N2O3S/c20-14-5-4-8-16(12-14)22-19(24)13-9-10-17(21)18(11-13)27(25,26)23-15-6-2-1-3-7-15/h1-12,23H,(H,22,24). The molecular weight excluding hydrogens is 407 g/mol. The normalized spacial score (nSPS) is 11.0. The Morgan fingerprint density at radius 2 is 1.52 bits per heavy atom. The van der Waals surface area contributed by atoms with Crippen molar-refractivity contribution in [2.24, 2.45) is 0 Å². The lowest BCUT2D eigenvalue weighted by atomic mass is 10.2. The molecule has 0 aliphatic carbocycles. The van der Waals surface area contributed by atoms with E-state index in [2.05, 4.69) is 10.0 Å². The smallest absolute Gasteiger partial charge is 0.263 e. The number of anilines is 2. The maximum Gasteiger partial charge on any atom is 0.263 e. The highest BCUT2D eigenvalue weighted by Crippen LogP contribution is 2.25. The number of sulfonamides is 1. The summed E-state index contributed by atoms with van der Waals surface area (Å²) < 4.78 is 27.7. The minimum absolute atomic E-state index is 0.0118. The highest BCUT2D eigenvalue weighted by molar-refractivity contribution is 7.92. The van der Waals surface area contributed by atoms with Crippen molar-refractivity contribution in [3.05, 3.63) is 88.4 Å². The number of carbonyl (C=O) groups excluding carboxylic acids is 1. The van der Waals surface area contributed by atoms with Crippen LogP contribution in [-0.2, 0) is 10.0 Å². The van der Waals surface area contributed by atoms with Crippen LogP contribution in [0.1, 0.15) is 10.4 Å². The van der Waals surface area contributed by atoms with Crippen LogP contribution >= 0.6 is 23.2 Å². The Bertz CT molecular complexity index is 1090. The third-order valence-corrected chi connectivity index (χ3v) is 5.69. The van der Waals surface area contributed by atoms with Crippen molar-refractivity contribution in [3.8, 4) is 0 Å². The number of carbonyl (C=O) groups is 1. The number of hydrogen-bond acceptors (Lipinski definition) is 3. The summed E-state index contributed by atoms with van der Waals surface area (Å²) >= 11 is 12.0. The van der Waals surface area contributed by atoms with Gasteiger partial charge < -0.3 is 5.32 Å². The van der Waals surface area contributed by atoms with Crippen LogP contribution in [-0.4, -0.2) is 14.3 Å². The lowest BCUT2D eigenvalue weighted by Gasteiger charge is -2.11. The molecule has 0 fully saturated rings. The number of amides is 1. The summed E-state index contributed by atoms with van der Waals surface area (Å²) in [6.45, 7) is 0. The molecule has 0 spiro atoms. The Hall–Kier alpha value is -2.54. The fraction of sp³-hybridized carbons (Fsp3) is 0. The first-order chi connectivity index (χ1) is 12.8. The number of halogens is 2. The molecule has 2 N–H and O–H groups in total. The zero-order chi connectivity index (χ0) is 19.4. The van der Waals surface area contributed by atoms with E-state index in [9.17, 15) is 13.2 Å². The quantitative estimate of drug-likeness (QED) is 0.606. The van der Waals surface area contributed by atoms with E-state index in [-0.39, 0.29) is 15.5 Å². The van der Waals surface area contributed by atoms with Gasteiger partial charge in [-0.15, -0.1) is 0 Å². The van der Waals surface area contributed by atoms with Gasteiger partial charge in [-0.05, 0) is 48.5 Å². The molecule has 0 saturated heterocycles. The Balaban J connectivity index is 1.88. The number of benzene rings is 3. The maximum absolute atomic E-state index is 12.7. The van der Waals surface area contributed by atoms with Crippen LogP contribution in [0.5, 0.6) is 0 Å². The number of hydrogen-bond donors (Lipinski definition) is 2. The van der Waals surface area contributed by atoms with E-state index in [1.54, 1.807) is 54.6 Å². The van der Waals surface area contributed by atoms with Gasteiger partial charge in [-0.3, -0.25) is 9.52 Å². The second kappa shape index (κ2) is 8.00.